The van der Waals surface area contributed by atoms with Crippen LogP contribution in [0.5, 0.6) is 11.6 Å². The highest BCUT2D eigenvalue weighted by Crippen LogP contribution is 2.41. The molecule has 3 aromatic rings. The van der Waals surface area contributed by atoms with Crippen molar-refractivity contribution in [1.29, 1.82) is 0 Å². The molecule has 4 rings (SSSR count). The number of anilines is 2. The number of rotatable bonds is 4. The predicted molar refractivity (Wildman–Crippen MR) is 106 cm³/mol. The van der Waals surface area contributed by atoms with E-state index in [1.54, 1.807) is 6.07 Å². The van der Waals surface area contributed by atoms with Crippen LogP contribution < -0.4 is 9.64 Å². The van der Waals surface area contributed by atoms with E-state index in [-0.39, 0.29) is 17.4 Å². The van der Waals surface area contributed by atoms with Gasteiger partial charge in [-0.2, -0.15) is 4.98 Å². The Bertz CT molecular complexity index is 1050. The molecule has 0 radical (unpaired) electrons. The van der Waals surface area contributed by atoms with Crippen LogP contribution in [-0.2, 0) is 6.42 Å². The molecule has 7 nitrogen and oxygen atoms in total. The van der Waals surface area contributed by atoms with Crippen molar-refractivity contribution in [2.24, 2.45) is 0 Å². The van der Waals surface area contributed by atoms with E-state index in [4.69, 9.17) is 4.74 Å². The van der Waals surface area contributed by atoms with Crippen LogP contribution in [0.25, 0.3) is 0 Å². The summed E-state index contributed by atoms with van der Waals surface area (Å²) in [4.78, 5) is 21.6. The summed E-state index contributed by atoms with van der Waals surface area (Å²) in [6.45, 7) is 4.61. The normalized spacial score (nSPS) is 13.1. The van der Waals surface area contributed by atoms with Crippen LogP contribution in [0, 0.1) is 24.0 Å². The van der Waals surface area contributed by atoms with Gasteiger partial charge in [-0.15, -0.1) is 0 Å². The van der Waals surface area contributed by atoms with Crippen molar-refractivity contribution in [1.82, 2.24) is 9.97 Å². The highest BCUT2D eigenvalue weighted by atomic mass is 16.6. The smallest absolute Gasteiger partial charge is 0.373 e. The molecule has 1 aliphatic heterocycles. The molecule has 0 spiro atoms. The van der Waals surface area contributed by atoms with Gasteiger partial charge in [-0.05, 0) is 61.6 Å². The van der Waals surface area contributed by atoms with Crippen molar-refractivity contribution in [2.75, 3.05) is 11.4 Å². The van der Waals surface area contributed by atoms with Crippen molar-refractivity contribution in [3.05, 3.63) is 75.6 Å². The van der Waals surface area contributed by atoms with Crippen LogP contribution in [0.1, 0.15) is 23.1 Å². The minimum Gasteiger partial charge on any atom is -0.434 e. The molecule has 0 N–H and O–H groups in total. The van der Waals surface area contributed by atoms with E-state index < -0.39 is 4.92 Å². The number of aromatic nitrogens is 2. The Hall–Kier alpha value is -3.48. The molecule has 0 atom stereocenters. The summed E-state index contributed by atoms with van der Waals surface area (Å²) in [5.41, 5.74) is 4.03. The third-order valence-electron chi connectivity index (χ3n) is 5.01. The van der Waals surface area contributed by atoms with Gasteiger partial charge in [-0.25, -0.2) is 4.98 Å². The Morgan fingerprint density at radius 3 is 2.71 bits per heavy atom. The average Bonchev–Trinajstić information content (AvgIpc) is 2.70. The molecule has 0 unspecified atom stereocenters. The number of hydrogen-bond donors (Lipinski definition) is 0. The minimum absolute atomic E-state index is 0.0543. The number of aryl methyl sites for hydroxylation is 3. The molecule has 0 fully saturated rings. The van der Waals surface area contributed by atoms with Gasteiger partial charge in [-0.1, -0.05) is 24.3 Å². The van der Waals surface area contributed by atoms with Gasteiger partial charge in [-0.3, -0.25) is 10.1 Å². The van der Waals surface area contributed by atoms with Crippen LogP contribution in [0.15, 0.2) is 48.8 Å². The topological polar surface area (TPSA) is 81.4 Å². The first-order valence-electron chi connectivity index (χ1n) is 9.14. The Morgan fingerprint density at radius 1 is 1.11 bits per heavy atom. The molecule has 0 aliphatic carbocycles. The largest absolute Gasteiger partial charge is 0.434 e. The first-order valence-corrected chi connectivity index (χ1v) is 9.14. The molecular formula is C21H20N4O3. The first kappa shape index (κ1) is 17.9. The number of ether oxygens (including phenoxy) is 1. The van der Waals surface area contributed by atoms with Crippen LogP contribution in [0.4, 0.5) is 17.2 Å². The molecule has 1 aliphatic rings. The molecule has 28 heavy (non-hydrogen) atoms. The number of nitro groups is 1. The molecule has 7 heteroatoms. The number of para-hydroxylation sites is 1. The maximum atomic E-state index is 11.9. The van der Waals surface area contributed by atoms with Crippen molar-refractivity contribution in [3.63, 3.8) is 0 Å². The van der Waals surface area contributed by atoms with Gasteiger partial charge in [0.15, 0.2) is 0 Å². The lowest BCUT2D eigenvalue weighted by atomic mass is 10.0. The van der Waals surface area contributed by atoms with E-state index in [1.165, 1.54) is 6.33 Å². The predicted octanol–water partition coefficient (Wildman–Crippen LogP) is 4.88. The van der Waals surface area contributed by atoms with Crippen molar-refractivity contribution in [3.8, 4) is 11.6 Å². The highest BCUT2D eigenvalue weighted by molar-refractivity contribution is 5.73. The molecule has 0 saturated heterocycles. The number of nitrogens with zero attached hydrogens (tertiary/aromatic N) is 4. The maximum absolute atomic E-state index is 11.9. The summed E-state index contributed by atoms with van der Waals surface area (Å²) in [6.07, 6.45) is 3.15. The second-order valence-electron chi connectivity index (χ2n) is 6.84. The Morgan fingerprint density at radius 2 is 1.93 bits per heavy atom. The van der Waals surface area contributed by atoms with Crippen LogP contribution in [-0.4, -0.2) is 21.4 Å². The fourth-order valence-corrected chi connectivity index (χ4v) is 3.43. The molecule has 2 heterocycles. The lowest BCUT2D eigenvalue weighted by molar-refractivity contribution is -0.385. The first-order chi connectivity index (χ1) is 13.5. The minimum atomic E-state index is -0.469. The summed E-state index contributed by atoms with van der Waals surface area (Å²) >= 11 is 0. The van der Waals surface area contributed by atoms with E-state index in [2.05, 4.69) is 9.97 Å². The molecule has 0 amide bonds. The molecule has 1 aromatic heterocycles. The van der Waals surface area contributed by atoms with Gasteiger partial charge in [0, 0.05) is 12.2 Å². The third-order valence-corrected chi connectivity index (χ3v) is 5.01. The van der Waals surface area contributed by atoms with Crippen LogP contribution >= 0.6 is 0 Å². The fourth-order valence-electron chi connectivity index (χ4n) is 3.43. The van der Waals surface area contributed by atoms with E-state index in [0.717, 1.165) is 35.2 Å². The molecule has 0 saturated carbocycles. The number of benzene rings is 2. The summed E-state index contributed by atoms with van der Waals surface area (Å²) in [6, 6.07) is 13.5. The zero-order valence-electron chi connectivity index (χ0n) is 15.8. The Kier molecular flexibility index (Phi) is 4.65. The second kappa shape index (κ2) is 7.26. The van der Waals surface area contributed by atoms with Crippen molar-refractivity contribution in [2.45, 2.75) is 26.7 Å². The zero-order valence-corrected chi connectivity index (χ0v) is 15.8. The lowest BCUT2D eigenvalue weighted by Crippen LogP contribution is -2.26. The second-order valence-corrected chi connectivity index (χ2v) is 6.84. The van der Waals surface area contributed by atoms with Gasteiger partial charge in [0.05, 0.1) is 4.92 Å². The highest BCUT2D eigenvalue weighted by Gasteiger charge is 2.31. The Labute approximate surface area is 162 Å². The monoisotopic (exact) mass is 376 g/mol. The van der Waals surface area contributed by atoms with Gasteiger partial charge in [0.25, 0.3) is 0 Å². The number of hydrogen-bond acceptors (Lipinski definition) is 6. The van der Waals surface area contributed by atoms with Gasteiger partial charge < -0.3 is 9.64 Å². The fraction of sp³-hybridized carbons (Fsp3) is 0.238. The van der Waals surface area contributed by atoms with Crippen molar-refractivity contribution < 1.29 is 9.66 Å². The van der Waals surface area contributed by atoms with Crippen molar-refractivity contribution >= 4 is 17.2 Å². The summed E-state index contributed by atoms with van der Waals surface area (Å²) in [7, 11) is 0. The lowest BCUT2D eigenvalue weighted by Gasteiger charge is -2.29. The number of fused-ring (bicyclic) bond motifs is 1. The maximum Gasteiger partial charge on any atom is 0.373 e. The quantitative estimate of drug-likeness (QED) is 0.477. The van der Waals surface area contributed by atoms with E-state index in [0.29, 0.717) is 12.3 Å². The molecular weight excluding hydrogens is 356 g/mol. The summed E-state index contributed by atoms with van der Waals surface area (Å²) in [5, 5.41) is 11.9. The van der Waals surface area contributed by atoms with E-state index in [9.17, 15) is 10.1 Å². The third kappa shape index (κ3) is 3.26. The van der Waals surface area contributed by atoms with Crippen LogP contribution in [0.3, 0.4) is 0 Å². The van der Waals surface area contributed by atoms with Gasteiger partial charge in [0.2, 0.25) is 5.82 Å². The molecule has 0 bridgehead atoms. The average molecular weight is 376 g/mol. The SMILES string of the molecule is Cc1ccc(Oc2ncnc(N3CCCc4ccccc43)c2[N+](=O)[O-])cc1C. The standard InChI is InChI=1S/C21H20N4O3/c1-14-9-10-17(12-15(14)2)28-21-19(25(26)27)20(22-13-23-21)24-11-5-7-16-6-3-4-8-18(16)24/h3-4,6,8-10,12-13H,5,7,11H2,1-2H3. The summed E-state index contributed by atoms with van der Waals surface area (Å²) < 4.78 is 5.81. The van der Waals surface area contributed by atoms with Gasteiger partial charge in [0.1, 0.15) is 12.1 Å². The molecule has 2 aromatic carbocycles. The van der Waals surface area contributed by atoms with Crippen LogP contribution in [0.2, 0.25) is 0 Å². The summed E-state index contributed by atoms with van der Waals surface area (Å²) in [5.74, 6) is 0.710. The van der Waals surface area contributed by atoms with E-state index >= 15 is 0 Å². The van der Waals surface area contributed by atoms with E-state index in [1.807, 2.05) is 55.1 Å². The Balaban J connectivity index is 1.79. The molecule has 142 valence electrons. The zero-order chi connectivity index (χ0) is 19.7. The van der Waals surface area contributed by atoms with Gasteiger partial charge >= 0.3 is 11.6 Å².